The van der Waals surface area contributed by atoms with Crippen LogP contribution in [0.1, 0.15) is 10.4 Å². The maximum Gasteiger partial charge on any atom is 0.0568 e. The Labute approximate surface area is 94.7 Å². The van der Waals surface area contributed by atoms with Crippen LogP contribution >= 0.6 is 38.9 Å². The molecular weight excluding hydrogens is 268 g/mol. The summed E-state index contributed by atoms with van der Waals surface area (Å²) in [6.07, 6.45) is 0. The van der Waals surface area contributed by atoms with Crippen molar-refractivity contribution in [2.24, 2.45) is 0 Å². The van der Waals surface area contributed by atoms with E-state index >= 15 is 0 Å². The van der Waals surface area contributed by atoms with E-state index in [-0.39, 0.29) is 0 Å². The van der Waals surface area contributed by atoms with Gasteiger partial charge in [0.15, 0.2) is 0 Å². The quantitative estimate of drug-likeness (QED) is 0.661. The number of hydrogen-bond acceptors (Lipinski definition) is 1. The van der Waals surface area contributed by atoms with Gasteiger partial charge in [-0.2, -0.15) is 0 Å². The predicted molar refractivity (Wildman–Crippen MR) is 63.8 cm³/mol. The average Bonchev–Trinajstić information content (AvgIpc) is 2.56. The molecule has 0 nitrogen and oxygen atoms in total. The SMILES string of the molecule is Cc1ccc(Br)c2sc(CCl)cc12. The number of rotatable bonds is 1. The molecule has 2 aromatic rings. The molecule has 0 N–H and O–H groups in total. The number of benzene rings is 1. The van der Waals surface area contributed by atoms with Crippen LogP contribution in [0.15, 0.2) is 22.7 Å². The summed E-state index contributed by atoms with van der Waals surface area (Å²) in [4.78, 5) is 1.23. The Morgan fingerprint density at radius 1 is 1.46 bits per heavy atom. The number of hydrogen-bond donors (Lipinski definition) is 0. The fraction of sp³-hybridized carbons (Fsp3) is 0.200. The average molecular weight is 276 g/mol. The molecule has 0 fully saturated rings. The van der Waals surface area contributed by atoms with E-state index in [9.17, 15) is 0 Å². The van der Waals surface area contributed by atoms with E-state index in [2.05, 4.69) is 41.1 Å². The maximum absolute atomic E-state index is 5.80. The molecule has 0 aliphatic rings. The molecule has 1 heterocycles. The summed E-state index contributed by atoms with van der Waals surface area (Å²) in [5.74, 6) is 0.602. The lowest BCUT2D eigenvalue weighted by atomic mass is 10.1. The molecule has 1 aromatic carbocycles. The summed E-state index contributed by atoms with van der Waals surface area (Å²) in [5.41, 5.74) is 1.31. The van der Waals surface area contributed by atoms with Gasteiger partial charge in [-0.1, -0.05) is 6.07 Å². The van der Waals surface area contributed by atoms with Crippen LogP contribution < -0.4 is 0 Å². The standard InChI is InChI=1S/C10H8BrClS/c1-6-2-3-9(11)10-8(6)4-7(5-12)13-10/h2-4H,5H2,1H3. The molecule has 0 saturated carbocycles. The highest BCUT2D eigenvalue weighted by Crippen LogP contribution is 2.34. The van der Waals surface area contributed by atoms with Crippen molar-refractivity contribution < 1.29 is 0 Å². The number of fused-ring (bicyclic) bond motifs is 1. The van der Waals surface area contributed by atoms with E-state index in [0.717, 1.165) is 4.47 Å². The molecule has 68 valence electrons. The fourth-order valence-corrected chi connectivity index (χ4v) is 3.16. The van der Waals surface area contributed by atoms with Gasteiger partial charge in [-0.3, -0.25) is 0 Å². The van der Waals surface area contributed by atoms with Gasteiger partial charge in [0.05, 0.1) is 5.88 Å². The Morgan fingerprint density at radius 3 is 2.85 bits per heavy atom. The third kappa shape index (κ3) is 1.63. The second kappa shape index (κ2) is 3.60. The fourth-order valence-electron chi connectivity index (χ4n) is 1.34. The number of thiophene rings is 1. The molecule has 0 aliphatic heterocycles. The van der Waals surface area contributed by atoms with Crippen LogP contribution in [-0.2, 0) is 5.88 Å². The monoisotopic (exact) mass is 274 g/mol. The van der Waals surface area contributed by atoms with Crippen molar-refractivity contribution in [1.29, 1.82) is 0 Å². The molecule has 3 heteroatoms. The van der Waals surface area contributed by atoms with E-state index in [1.54, 1.807) is 11.3 Å². The van der Waals surface area contributed by atoms with Crippen LogP contribution in [-0.4, -0.2) is 0 Å². The van der Waals surface area contributed by atoms with Gasteiger partial charge in [-0.05, 0) is 45.9 Å². The number of alkyl halides is 1. The number of aryl methyl sites for hydroxylation is 1. The summed E-state index contributed by atoms with van der Waals surface area (Å²) in [7, 11) is 0. The third-order valence-corrected chi connectivity index (χ3v) is 4.57. The van der Waals surface area contributed by atoms with E-state index < -0.39 is 0 Å². The van der Waals surface area contributed by atoms with E-state index in [4.69, 9.17) is 11.6 Å². The minimum absolute atomic E-state index is 0.602. The lowest BCUT2D eigenvalue weighted by molar-refractivity contribution is 1.51. The van der Waals surface area contributed by atoms with Gasteiger partial charge in [0.1, 0.15) is 0 Å². The lowest BCUT2D eigenvalue weighted by Gasteiger charge is -1.96. The minimum Gasteiger partial charge on any atom is -0.138 e. The summed E-state index contributed by atoms with van der Waals surface area (Å²) in [5, 5.41) is 1.31. The number of halogens is 2. The van der Waals surface area contributed by atoms with Gasteiger partial charge in [0.2, 0.25) is 0 Å². The van der Waals surface area contributed by atoms with E-state index in [0.29, 0.717) is 5.88 Å². The van der Waals surface area contributed by atoms with Gasteiger partial charge >= 0.3 is 0 Å². The topological polar surface area (TPSA) is 0 Å². The Kier molecular flexibility index (Phi) is 2.63. The van der Waals surface area contributed by atoms with Crippen LogP contribution in [0.5, 0.6) is 0 Å². The van der Waals surface area contributed by atoms with Crippen LogP contribution in [0.4, 0.5) is 0 Å². The predicted octanol–water partition coefficient (Wildman–Crippen LogP) is 4.71. The van der Waals surface area contributed by atoms with Crippen molar-refractivity contribution >= 4 is 49.0 Å². The van der Waals surface area contributed by atoms with E-state index in [1.807, 2.05) is 0 Å². The van der Waals surface area contributed by atoms with Gasteiger partial charge in [0.25, 0.3) is 0 Å². The molecule has 0 spiro atoms. The Morgan fingerprint density at radius 2 is 2.23 bits per heavy atom. The van der Waals surface area contributed by atoms with Gasteiger partial charge in [0, 0.05) is 14.0 Å². The van der Waals surface area contributed by atoms with Gasteiger partial charge < -0.3 is 0 Å². The van der Waals surface area contributed by atoms with Crippen LogP contribution in [0.3, 0.4) is 0 Å². The largest absolute Gasteiger partial charge is 0.138 e. The Balaban J connectivity index is 2.80. The molecular formula is C10H8BrClS. The van der Waals surface area contributed by atoms with Crippen LogP contribution in [0.2, 0.25) is 0 Å². The van der Waals surface area contributed by atoms with Crippen molar-refractivity contribution in [2.45, 2.75) is 12.8 Å². The minimum atomic E-state index is 0.602. The highest BCUT2D eigenvalue weighted by molar-refractivity contribution is 9.10. The highest BCUT2D eigenvalue weighted by atomic mass is 79.9. The van der Waals surface area contributed by atoms with E-state index in [1.165, 1.54) is 20.5 Å². The molecule has 0 aliphatic carbocycles. The lowest BCUT2D eigenvalue weighted by Crippen LogP contribution is -1.72. The van der Waals surface area contributed by atoms with Gasteiger partial charge in [-0.25, -0.2) is 0 Å². The van der Waals surface area contributed by atoms with Crippen molar-refractivity contribution in [3.63, 3.8) is 0 Å². The zero-order chi connectivity index (χ0) is 9.42. The second-order valence-electron chi connectivity index (χ2n) is 2.95. The van der Waals surface area contributed by atoms with Crippen molar-refractivity contribution in [2.75, 3.05) is 0 Å². The first kappa shape index (κ1) is 9.50. The Hall–Kier alpha value is -0.0500. The summed E-state index contributed by atoms with van der Waals surface area (Å²) in [6, 6.07) is 6.39. The first-order valence-electron chi connectivity index (χ1n) is 3.96. The maximum atomic E-state index is 5.80. The smallest absolute Gasteiger partial charge is 0.0568 e. The molecule has 1 aromatic heterocycles. The van der Waals surface area contributed by atoms with Crippen molar-refractivity contribution in [3.05, 3.63) is 33.1 Å². The molecule has 0 amide bonds. The first-order valence-corrected chi connectivity index (χ1v) is 6.10. The zero-order valence-corrected chi connectivity index (χ0v) is 10.3. The summed E-state index contributed by atoms with van der Waals surface area (Å²) < 4.78 is 2.46. The van der Waals surface area contributed by atoms with Crippen molar-refractivity contribution in [1.82, 2.24) is 0 Å². The molecule has 0 saturated heterocycles. The zero-order valence-electron chi connectivity index (χ0n) is 7.10. The molecule has 0 radical (unpaired) electrons. The van der Waals surface area contributed by atoms with Crippen LogP contribution in [0, 0.1) is 6.92 Å². The summed E-state index contributed by atoms with van der Waals surface area (Å²) >= 11 is 11.1. The van der Waals surface area contributed by atoms with Crippen molar-refractivity contribution in [3.8, 4) is 0 Å². The molecule has 0 bridgehead atoms. The molecule has 13 heavy (non-hydrogen) atoms. The van der Waals surface area contributed by atoms with Crippen LogP contribution in [0.25, 0.3) is 10.1 Å². The van der Waals surface area contributed by atoms with Gasteiger partial charge in [-0.15, -0.1) is 22.9 Å². The molecule has 0 unspecified atom stereocenters. The summed E-state index contributed by atoms with van der Waals surface area (Å²) in [6.45, 7) is 2.12. The normalized spacial score (nSPS) is 11.0. The first-order chi connectivity index (χ1) is 6.22. The second-order valence-corrected chi connectivity index (χ2v) is 5.21. The Bertz CT molecular complexity index is 408. The highest BCUT2D eigenvalue weighted by Gasteiger charge is 2.06. The third-order valence-electron chi connectivity index (χ3n) is 2.04. The molecule has 0 atom stereocenters. The molecule has 2 rings (SSSR count).